The van der Waals surface area contributed by atoms with Gasteiger partial charge in [-0.05, 0) is 30.3 Å². The first-order valence-corrected chi connectivity index (χ1v) is 9.27. The third kappa shape index (κ3) is 3.41. The molecule has 0 radical (unpaired) electrons. The molecule has 0 bridgehead atoms. The molecule has 0 saturated carbocycles. The van der Waals surface area contributed by atoms with Gasteiger partial charge in [-0.1, -0.05) is 0 Å². The predicted molar refractivity (Wildman–Crippen MR) is 106 cm³/mol. The molecule has 1 aromatic carbocycles. The van der Waals surface area contributed by atoms with Crippen LogP contribution in [-0.2, 0) is 4.74 Å². The fourth-order valence-electron chi connectivity index (χ4n) is 3.34. The molecule has 1 amide bonds. The van der Waals surface area contributed by atoms with E-state index >= 15 is 0 Å². The Kier molecular flexibility index (Phi) is 4.47. The van der Waals surface area contributed by atoms with Crippen molar-refractivity contribution in [2.24, 2.45) is 0 Å². The van der Waals surface area contributed by atoms with E-state index in [0.29, 0.717) is 17.3 Å². The van der Waals surface area contributed by atoms with Gasteiger partial charge >= 0.3 is 6.09 Å². The summed E-state index contributed by atoms with van der Waals surface area (Å²) in [7, 11) is 0. The number of fused-ring (bicyclic) bond motifs is 1. The monoisotopic (exact) mass is 405 g/mol. The SMILES string of the molecule is O=C1O[C@@H](COc2cnccn2)CN1c1ccc(-n2cc3cccnc3c2)c(F)c1. The van der Waals surface area contributed by atoms with Crippen LogP contribution in [0.25, 0.3) is 16.6 Å². The molecule has 4 heterocycles. The molecule has 1 saturated heterocycles. The molecule has 1 atom stereocenters. The number of ether oxygens (including phenoxy) is 2. The number of benzene rings is 1. The smallest absolute Gasteiger partial charge is 0.414 e. The minimum atomic E-state index is -0.550. The normalized spacial score (nSPS) is 16.1. The first-order valence-electron chi connectivity index (χ1n) is 9.27. The van der Waals surface area contributed by atoms with Crippen molar-refractivity contribution in [2.75, 3.05) is 18.1 Å². The Bertz CT molecular complexity index is 1180. The van der Waals surface area contributed by atoms with E-state index < -0.39 is 18.0 Å². The van der Waals surface area contributed by atoms with Crippen molar-refractivity contribution in [1.82, 2.24) is 19.5 Å². The number of hydrogen-bond donors (Lipinski definition) is 0. The second-order valence-corrected chi connectivity index (χ2v) is 6.75. The van der Waals surface area contributed by atoms with E-state index in [2.05, 4.69) is 15.0 Å². The third-order valence-electron chi connectivity index (χ3n) is 4.76. The lowest BCUT2D eigenvalue weighted by molar-refractivity contribution is 0.103. The van der Waals surface area contributed by atoms with Crippen molar-refractivity contribution in [3.05, 3.63) is 73.3 Å². The Balaban J connectivity index is 1.32. The molecule has 1 aliphatic rings. The molecule has 30 heavy (non-hydrogen) atoms. The first kappa shape index (κ1) is 18.0. The van der Waals surface area contributed by atoms with Gasteiger partial charge in [0.2, 0.25) is 5.88 Å². The van der Waals surface area contributed by atoms with Crippen LogP contribution in [-0.4, -0.2) is 44.9 Å². The average molecular weight is 405 g/mol. The average Bonchev–Trinajstić information content (AvgIpc) is 3.36. The topological polar surface area (TPSA) is 82.4 Å². The zero-order chi connectivity index (χ0) is 20.5. The molecule has 150 valence electrons. The zero-order valence-corrected chi connectivity index (χ0v) is 15.7. The molecule has 4 aromatic rings. The van der Waals surface area contributed by atoms with E-state index in [0.717, 1.165) is 10.9 Å². The summed E-state index contributed by atoms with van der Waals surface area (Å²) in [5, 5.41) is 0.912. The maximum absolute atomic E-state index is 14.9. The van der Waals surface area contributed by atoms with Crippen LogP contribution in [0.2, 0.25) is 0 Å². The van der Waals surface area contributed by atoms with E-state index in [1.54, 1.807) is 29.1 Å². The van der Waals surface area contributed by atoms with Gasteiger partial charge in [-0.25, -0.2) is 14.2 Å². The second-order valence-electron chi connectivity index (χ2n) is 6.75. The summed E-state index contributed by atoms with van der Waals surface area (Å²) < 4.78 is 27.3. The number of nitrogens with zero attached hydrogens (tertiary/aromatic N) is 5. The van der Waals surface area contributed by atoms with Crippen LogP contribution in [0, 0.1) is 5.82 Å². The van der Waals surface area contributed by atoms with Crippen molar-refractivity contribution < 1.29 is 18.7 Å². The quantitative estimate of drug-likeness (QED) is 0.506. The van der Waals surface area contributed by atoms with Gasteiger partial charge < -0.3 is 14.0 Å². The third-order valence-corrected chi connectivity index (χ3v) is 4.76. The minimum Gasteiger partial charge on any atom is -0.473 e. The Morgan fingerprint density at radius 2 is 2.10 bits per heavy atom. The van der Waals surface area contributed by atoms with Gasteiger partial charge in [0.15, 0.2) is 6.10 Å². The van der Waals surface area contributed by atoms with E-state index in [4.69, 9.17) is 9.47 Å². The lowest BCUT2D eigenvalue weighted by Crippen LogP contribution is -2.26. The molecular formula is C21H16FN5O3. The molecule has 0 spiro atoms. The Morgan fingerprint density at radius 1 is 1.17 bits per heavy atom. The molecule has 0 aliphatic carbocycles. The summed E-state index contributed by atoms with van der Waals surface area (Å²) in [6, 6.07) is 8.37. The standard InChI is InChI=1S/C21H16FN5O3/c22-17-8-15(3-4-19(17)26-10-14-2-1-5-24-18(14)12-26)27-11-16(30-21(27)28)13-29-20-9-23-6-7-25-20/h1-10,12,16H,11,13H2/t16-/m1/s1. The summed E-state index contributed by atoms with van der Waals surface area (Å²) in [4.78, 5) is 25.8. The Labute approximate surface area is 170 Å². The van der Waals surface area contributed by atoms with E-state index in [1.165, 1.54) is 29.6 Å². The van der Waals surface area contributed by atoms with E-state index in [1.807, 2.05) is 18.3 Å². The van der Waals surface area contributed by atoms with Gasteiger partial charge in [0.05, 0.1) is 29.6 Å². The number of aromatic nitrogens is 4. The summed E-state index contributed by atoms with van der Waals surface area (Å²) in [6.45, 7) is 0.375. The van der Waals surface area contributed by atoms with Crippen LogP contribution >= 0.6 is 0 Å². The van der Waals surface area contributed by atoms with Crippen molar-refractivity contribution in [2.45, 2.75) is 6.10 Å². The van der Waals surface area contributed by atoms with Gasteiger partial charge in [0.25, 0.3) is 0 Å². The number of amides is 1. The van der Waals surface area contributed by atoms with Gasteiger partial charge in [-0.3, -0.25) is 14.9 Å². The maximum atomic E-state index is 14.9. The Hall–Kier alpha value is -4.01. The van der Waals surface area contributed by atoms with Crippen LogP contribution in [0.5, 0.6) is 5.88 Å². The molecule has 0 N–H and O–H groups in total. The number of carbonyl (C=O) groups excluding carboxylic acids is 1. The van der Waals surface area contributed by atoms with Gasteiger partial charge in [0, 0.05) is 36.4 Å². The van der Waals surface area contributed by atoms with Crippen molar-refractivity contribution in [1.29, 1.82) is 0 Å². The molecule has 8 nitrogen and oxygen atoms in total. The zero-order valence-electron chi connectivity index (χ0n) is 15.7. The van der Waals surface area contributed by atoms with Crippen LogP contribution in [0.3, 0.4) is 0 Å². The summed E-state index contributed by atoms with van der Waals surface area (Å²) in [5.74, 6) is -0.115. The molecule has 3 aromatic heterocycles. The van der Waals surface area contributed by atoms with Crippen molar-refractivity contribution in [3.8, 4) is 11.6 Å². The summed E-state index contributed by atoms with van der Waals surface area (Å²) in [5.41, 5.74) is 1.56. The molecular weight excluding hydrogens is 389 g/mol. The highest BCUT2D eigenvalue weighted by molar-refractivity contribution is 5.90. The maximum Gasteiger partial charge on any atom is 0.414 e. The molecule has 5 rings (SSSR count). The van der Waals surface area contributed by atoms with Crippen LogP contribution in [0.15, 0.2) is 67.5 Å². The van der Waals surface area contributed by atoms with Crippen molar-refractivity contribution >= 4 is 22.7 Å². The number of carbonyl (C=O) groups is 1. The largest absolute Gasteiger partial charge is 0.473 e. The number of pyridine rings is 1. The fourth-order valence-corrected chi connectivity index (χ4v) is 3.34. The number of anilines is 1. The van der Waals surface area contributed by atoms with Crippen LogP contribution in [0.4, 0.5) is 14.9 Å². The highest BCUT2D eigenvalue weighted by Crippen LogP contribution is 2.27. The predicted octanol–water partition coefficient (Wildman–Crippen LogP) is 3.36. The van der Waals surface area contributed by atoms with Gasteiger partial charge in [-0.15, -0.1) is 0 Å². The van der Waals surface area contributed by atoms with E-state index in [-0.39, 0.29) is 13.2 Å². The molecule has 9 heteroatoms. The van der Waals surface area contributed by atoms with Crippen LogP contribution < -0.4 is 9.64 Å². The minimum absolute atomic E-state index is 0.129. The van der Waals surface area contributed by atoms with Crippen LogP contribution in [0.1, 0.15) is 0 Å². The first-order chi connectivity index (χ1) is 14.7. The van der Waals surface area contributed by atoms with Gasteiger partial charge in [0.1, 0.15) is 12.4 Å². The lowest BCUT2D eigenvalue weighted by Gasteiger charge is -2.14. The number of rotatable bonds is 5. The highest BCUT2D eigenvalue weighted by atomic mass is 19.1. The number of hydrogen-bond acceptors (Lipinski definition) is 6. The molecule has 1 fully saturated rings. The summed E-state index contributed by atoms with van der Waals surface area (Å²) in [6.07, 6.45) is 8.74. The number of cyclic esters (lactones) is 1. The Morgan fingerprint density at radius 3 is 2.90 bits per heavy atom. The lowest BCUT2D eigenvalue weighted by atomic mass is 10.2. The van der Waals surface area contributed by atoms with Crippen molar-refractivity contribution in [3.63, 3.8) is 0 Å². The highest BCUT2D eigenvalue weighted by Gasteiger charge is 2.33. The second kappa shape index (κ2) is 7.43. The van der Waals surface area contributed by atoms with Gasteiger partial charge in [-0.2, -0.15) is 0 Å². The fraction of sp³-hybridized carbons (Fsp3) is 0.143. The molecule has 0 unspecified atom stereocenters. The van der Waals surface area contributed by atoms with E-state index in [9.17, 15) is 9.18 Å². The number of halogens is 1. The molecule has 1 aliphatic heterocycles. The summed E-state index contributed by atoms with van der Waals surface area (Å²) >= 11 is 0.